The van der Waals surface area contributed by atoms with Crippen LogP contribution in [0.2, 0.25) is 0 Å². The Hall–Kier alpha value is -0.690. The summed E-state index contributed by atoms with van der Waals surface area (Å²) < 4.78 is 6.04. The van der Waals surface area contributed by atoms with Crippen LogP contribution in [0.5, 0.6) is 0 Å². The van der Waals surface area contributed by atoms with Crippen molar-refractivity contribution in [1.29, 1.82) is 0 Å². The fourth-order valence-corrected chi connectivity index (χ4v) is 5.97. The maximum absolute atomic E-state index is 13.5. The molecule has 0 unspecified atom stereocenters. The number of carbonyl (C=O) groups excluding carboxylic acids is 1. The van der Waals surface area contributed by atoms with Gasteiger partial charge in [0.15, 0.2) is 0 Å². The molecule has 3 saturated heterocycles. The van der Waals surface area contributed by atoms with Crippen LogP contribution in [0.3, 0.4) is 0 Å². The molecule has 3 aliphatic heterocycles. The average molecular weight is 450 g/mol. The molecule has 32 heavy (non-hydrogen) atoms. The number of hydrogen-bond donors (Lipinski definition) is 1. The van der Waals surface area contributed by atoms with E-state index in [1.54, 1.807) is 0 Å². The maximum atomic E-state index is 13.5. The smallest absolute Gasteiger partial charge is 0.222 e. The second-order valence-electron chi connectivity index (χ2n) is 12.0. The van der Waals surface area contributed by atoms with E-state index in [0.717, 1.165) is 45.5 Å². The summed E-state index contributed by atoms with van der Waals surface area (Å²) in [6.45, 7) is 11.4. The molecule has 0 aromatic heterocycles. The predicted molar refractivity (Wildman–Crippen MR) is 127 cm³/mol. The predicted octanol–water partition coefficient (Wildman–Crippen LogP) is 2.84. The number of piperidine rings is 2. The van der Waals surface area contributed by atoms with Crippen molar-refractivity contribution in [1.82, 2.24) is 14.7 Å². The number of amides is 1. The minimum Gasteiger partial charge on any atom is -0.391 e. The van der Waals surface area contributed by atoms with Crippen LogP contribution in [-0.2, 0) is 9.53 Å². The SMILES string of the molecule is CN1CCC(N2CC[C@H]3CC(=O)N(CC4CC4)C[C@H](O)C(C)(C)COCCC[C@H]3C2)CC1. The van der Waals surface area contributed by atoms with Gasteiger partial charge in [-0.1, -0.05) is 13.8 Å². The van der Waals surface area contributed by atoms with Gasteiger partial charge < -0.3 is 19.6 Å². The summed E-state index contributed by atoms with van der Waals surface area (Å²) in [5, 5.41) is 11.0. The third kappa shape index (κ3) is 6.46. The molecular formula is C26H47N3O3. The van der Waals surface area contributed by atoms with Crippen molar-refractivity contribution in [2.24, 2.45) is 23.2 Å². The van der Waals surface area contributed by atoms with Crippen molar-refractivity contribution in [3.8, 4) is 0 Å². The van der Waals surface area contributed by atoms with E-state index >= 15 is 0 Å². The van der Waals surface area contributed by atoms with Crippen LogP contribution in [0.1, 0.15) is 65.2 Å². The lowest BCUT2D eigenvalue weighted by Crippen LogP contribution is -2.51. The first-order valence-electron chi connectivity index (χ1n) is 13.3. The summed E-state index contributed by atoms with van der Waals surface area (Å²) >= 11 is 0. The molecule has 1 N–H and O–H groups in total. The van der Waals surface area contributed by atoms with E-state index in [4.69, 9.17) is 4.74 Å². The summed E-state index contributed by atoms with van der Waals surface area (Å²) in [4.78, 5) is 20.7. The van der Waals surface area contributed by atoms with Gasteiger partial charge in [0.25, 0.3) is 0 Å². The zero-order chi connectivity index (χ0) is 22.7. The molecule has 6 heteroatoms. The topological polar surface area (TPSA) is 56.2 Å². The molecule has 0 aromatic rings. The van der Waals surface area contributed by atoms with E-state index < -0.39 is 6.10 Å². The number of rotatable bonds is 3. The Morgan fingerprint density at radius 1 is 1.00 bits per heavy atom. The molecule has 1 aliphatic carbocycles. The van der Waals surface area contributed by atoms with Crippen molar-refractivity contribution in [3.05, 3.63) is 0 Å². The van der Waals surface area contributed by atoms with Crippen LogP contribution in [0.4, 0.5) is 0 Å². The summed E-state index contributed by atoms with van der Waals surface area (Å²) in [6, 6.07) is 0.714. The molecule has 4 rings (SSSR count). The van der Waals surface area contributed by atoms with E-state index in [2.05, 4.69) is 30.7 Å². The number of aliphatic hydroxyl groups is 1. The number of nitrogens with zero attached hydrogens (tertiary/aromatic N) is 3. The van der Waals surface area contributed by atoms with Gasteiger partial charge in [0, 0.05) is 44.1 Å². The quantitative estimate of drug-likeness (QED) is 0.718. The highest BCUT2D eigenvalue weighted by Crippen LogP contribution is 2.35. The van der Waals surface area contributed by atoms with Crippen molar-refractivity contribution < 1.29 is 14.6 Å². The molecule has 0 bridgehead atoms. The normalized spacial score (nSPS) is 34.9. The van der Waals surface area contributed by atoms with Crippen LogP contribution in [0, 0.1) is 23.2 Å². The number of hydrogen-bond acceptors (Lipinski definition) is 5. The Labute approximate surface area is 195 Å². The van der Waals surface area contributed by atoms with Crippen molar-refractivity contribution in [2.45, 2.75) is 77.4 Å². The van der Waals surface area contributed by atoms with E-state index in [1.165, 1.54) is 38.8 Å². The number of ether oxygens (including phenoxy) is 1. The average Bonchev–Trinajstić information content (AvgIpc) is 3.58. The molecule has 0 aromatic carbocycles. The number of aliphatic hydroxyl groups excluding tert-OH is 1. The van der Waals surface area contributed by atoms with Crippen LogP contribution in [0.15, 0.2) is 0 Å². The molecule has 3 atom stereocenters. The van der Waals surface area contributed by atoms with Gasteiger partial charge in [-0.15, -0.1) is 0 Å². The van der Waals surface area contributed by atoms with Crippen LogP contribution >= 0.6 is 0 Å². The van der Waals surface area contributed by atoms with Crippen molar-refractivity contribution >= 4 is 5.91 Å². The molecule has 0 spiro atoms. The zero-order valence-corrected chi connectivity index (χ0v) is 20.8. The van der Waals surface area contributed by atoms with E-state index in [9.17, 15) is 9.90 Å². The molecule has 3 heterocycles. The molecular weight excluding hydrogens is 402 g/mol. The minimum absolute atomic E-state index is 0.273. The first-order valence-corrected chi connectivity index (χ1v) is 13.3. The highest BCUT2D eigenvalue weighted by atomic mass is 16.5. The Morgan fingerprint density at radius 2 is 1.75 bits per heavy atom. The third-order valence-electron chi connectivity index (χ3n) is 8.73. The molecule has 6 nitrogen and oxygen atoms in total. The van der Waals surface area contributed by atoms with Gasteiger partial charge in [0.1, 0.15) is 0 Å². The zero-order valence-electron chi connectivity index (χ0n) is 20.8. The summed E-state index contributed by atoms with van der Waals surface area (Å²) in [5.41, 5.74) is -0.339. The Kier molecular flexibility index (Phi) is 8.18. The highest BCUT2D eigenvalue weighted by Gasteiger charge is 2.38. The largest absolute Gasteiger partial charge is 0.391 e. The molecule has 0 radical (unpaired) electrons. The van der Waals surface area contributed by atoms with Crippen molar-refractivity contribution in [3.63, 3.8) is 0 Å². The Balaban J connectivity index is 1.43. The first kappa shape index (κ1) is 24.4. The standard InChI is InChI=1S/C26H47N3O3/c1-26(2)19-32-14-4-5-22-17-28(23-9-11-27(3)12-10-23)13-8-21(22)15-25(31)29(18-24(26)30)16-20-6-7-20/h20-24,30H,4-19H2,1-3H3/t21-,22-,24-/m0/s1. The third-order valence-corrected chi connectivity index (χ3v) is 8.73. The summed E-state index contributed by atoms with van der Waals surface area (Å²) in [6.07, 6.45) is 8.44. The van der Waals surface area contributed by atoms with Crippen molar-refractivity contribution in [2.75, 3.05) is 59.5 Å². The van der Waals surface area contributed by atoms with Gasteiger partial charge in [-0.3, -0.25) is 9.69 Å². The Bertz CT molecular complexity index is 615. The van der Waals surface area contributed by atoms with Crippen LogP contribution in [0.25, 0.3) is 0 Å². The monoisotopic (exact) mass is 449 g/mol. The molecule has 1 saturated carbocycles. The second kappa shape index (κ2) is 10.7. The van der Waals surface area contributed by atoms with Gasteiger partial charge in [0.05, 0.1) is 12.7 Å². The Morgan fingerprint density at radius 3 is 2.47 bits per heavy atom. The van der Waals surface area contributed by atoms with E-state index in [-0.39, 0.29) is 11.3 Å². The number of fused-ring (bicyclic) bond motifs is 1. The van der Waals surface area contributed by atoms with Crippen LogP contribution in [-0.4, -0.2) is 97.4 Å². The van der Waals surface area contributed by atoms with Gasteiger partial charge >= 0.3 is 0 Å². The number of carbonyl (C=O) groups is 1. The molecule has 1 amide bonds. The van der Waals surface area contributed by atoms with E-state index in [0.29, 0.717) is 43.4 Å². The van der Waals surface area contributed by atoms with E-state index in [1.807, 2.05) is 4.90 Å². The van der Waals surface area contributed by atoms with Gasteiger partial charge in [-0.05, 0) is 89.4 Å². The van der Waals surface area contributed by atoms with Crippen LogP contribution < -0.4 is 0 Å². The fourth-order valence-electron chi connectivity index (χ4n) is 5.97. The summed E-state index contributed by atoms with van der Waals surface area (Å²) in [7, 11) is 2.23. The summed E-state index contributed by atoms with van der Waals surface area (Å²) in [5.74, 6) is 1.97. The number of likely N-dealkylation sites (tertiary alicyclic amines) is 2. The van der Waals surface area contributed by atoms with Gasteiger partial charge in [-0.2, -0.15) is 0 Å². The lowest BCUT2D eigenvalue weighted by atomic mass is 9.79. The maximum Gasteiger partial charge on any atom is 0.222 e. The number of β-amino-alcohol motifs (C(OH)–C–C–N with tert-alkyl or cyclic N) is 1. The first-order chi connectivity index (χ1) is 15.3. The second-order valence-corrected chi connectivity index (χ2v) is 12.0. The fraction of sp³-hybridized carbons (Fsp3) is 0.962. The van der Waals surface area contributed by atoms with Gasteiger partial charge in [-0.25, -0.2) is 0 Å². The molecule has 4 aliphatic rings. The molecule has 4 fully saturated rings. The lowest BCUT2D eigenvalue weighted by Gasteiger charge is -2.45. The minimum atomic E-state index is -0.548. The highest BCUT2D eigenvalue weighted by molar-refractivity contribution is 5.76. The molecule has 184 valence electrons. The van der Waals surface area contributed by atoms with Gasteiger partial charge in [0.2, 0.25) is 5.91 Å². The lowest BCUT2D eigenvalue weighted by molar-refractivity contribution is -0.136.